The Labute approximate surface area is 257 Å². The number of aliphatic hydroxyl groups is 1. The third kappa shape index (κ3) is 10.6. The molecule has 3 atom stereocenters. The van der Waals surface area contributed by atoms with Gasteiger partial charge < -0.3 is 40.6 Å². The van der Waals surface area contributed by atoms with Gasteiger partial charge in [0, 0.05) is 26.1 Å². The fourth-order valence-corrected chi connectivity index (χ4v) is 5.48. The van der Waals surface area contributed by atoms with Crippen molar-refractivity contribution in [2.45, 2.75) is 58.8 Å². The molecule has 0 spiro atoms. The third-order valence-electron chi connectivity index (χ3n) is 6.95. The maximum Gasteiger partial charge on any atom is 0.246 e. The maximum atomic E-state index is 13.7. The van der Waals surface area contributed by atoms with Gasteiger partial charge in [0.15, 0.2) is 0 Å². The SMILES string of the molecule is Cc1ncsc1-c1ccc(CNC(=O)C2CC(O)CN2C(=O)C(NC(=O)COCCOCCOCCN)C(C)(C)C)cc1. The molecular formula is C30H45N5O7S. The lowest BCUT2D eigenvalue weighted by atomic mass is 9.85. The number of thiazole rings is 1. The average Bonchev–Trinajstić information content (AvgIpc) is 3.58. The zero-order chi connectivity index (χ0) is 31.4. The lowest BCUT2D eigenvalue weighted by Crippen LogP contribution is -2.58. The van der Waals surface area contributed by atoms with E-state index in [1.54, 1.807) is 11.3 Å². The van der Waals surface area contributed by atoms with Crippen LogP contribution in [0.5, 0.6) is 0 Å². The second-order valence-corrected chi connectivity index (χ2v) is 12.4. The summed E-state index contributed by atoms with van der Waals surface area (Å²) in [6.07, 6.45) is -0.728. The number of β-amino-alcohol motifs (C(OH)–C–C–N with tert-alkyl or cyclic N) is 1. The molecule has 1 aliphatic heterocycles. The van der Waals surface area contributed by atoms with E-state index in [1.165, 1.54) is 4.90 Å². The largest absolute Gasteiger partial charge is 0.391 e. The molecule has 0 bridgehead atoms. The molecule has 2 heterocycles. The minimum Gasteiger partial charge on any atom is -0.391 e. The standard InChI is InChI=1S/C30H45N5O7S/c1-20-26(43-19-33-20)22-7-5-21(6-8-22)16-32-28(38)24-15-23(36)17-35(24)29(39)27(30(2,3)4)34-25(37)18-42-14-13-41-12-11-40-10-9-31/h5-8,19,23-24,27,36H,9-18,31H2,1-4H3,(H,32,38)(H,34,37). The number of aromatic nitrogens is 1. The topological polar surface area (TPSA) is 165 Å². The summed E-state index contributed by atoms with van der Waals surface area (Å²) in [6, 6.07) is 6.08. The predicted octanol–water partition coefficient (Wildman–Crippen LogP) is 1.24. The summed E-state index contributed by atoms with van der Waals surface area (Å²) >= 11 is 1.58. The highest BCUT2D eigenvalue weighted by Gasteiger charge is 2.44. The molecule has 2 aromatic rings. The van der Waals surface area contributed by atoms with Crippen molar-refractivity contribution in [3.63, 3.8) is 0 Å². The molecule has 0 aliphatic carbocycles. The van der Waals surface area contributed by atoms with Crippen molar-refractivity contribution in [2.75, 3.05) is 52.7 Å². The number of carbonyl (C=O) groups is 3. The van der Waals surface area contributed by atoms with Crippen molar-refractivity contribution in [3.8, 4) is 10.4 Å². The number of carbonyl (C=O) groups excluding carboxylic acids is 3. The number of hydrogen-bond donors (Lipinski definition) is 4. The average molecular weight is 620 g/mol. The van der Waals surface area contributed by atoms with Gasteiger partial charge in [0.2, 0.25) is 17.7 Å². The quantitative estimate of drug-likeness (QED) is 0.202. The summed E-state index contributed by atoms with van der Waals surface area (Å²) < 4.78 is 16.0. The van der Waals surface area contributed by atoms with E-state index in [-0.39, 0.29) is 38.6 Å². The molecule has 238 valence electrons. The van der Waals surface area contributed by atoms with Gasteiger partial charge in [-0.05, 0) is 23.5 Å². The van der Waals surface area contributed by atoms with Crippen LogP contribution in [-0.4, -0.2) is 104 Å². The van der Waals surface area contributed by atoms with Gasteiger partial charge in [0.25, 0.3) is 0 Å². The Bertz CT molecular complexity index is 1180. The molecule has 0 saturated carbocycles. The zero-order valence-electron chi connectivity index (χ0n) is 25.5. The van der Waals surface area contributed by atoms with E-state index in [9.17, 15) is 19.5 Å². The van der Waals surface area contributed by atoms with Crippen molar-refractivity contribution in [1.29, 1.82) is 0 Å². The Morgan fingerprint density at radius 3 is 2.35 bits per heavy atom. The first-order valence-corrected chi connectivity index (χ1v) is 15.4. The van der Waals surface area contributed by atoms with Crippen molar-refractivity contribution < 1.29 is 33.7 Å². The molecule has 1 aromatic carbocycles. The van der Waals surface area contributed by atoms with Crippen LogP contribution in [0.2, 0.25) is 0 Å². The molecule has 3 unspecified atom stereocenters. The molecule has 1 fully saturated rings. The van der Waals surface area contributed by atoms with E-state index in [1.807, 2.05) is 57.5 Å². The number of nitrogens with two attached hydrogens (primary N) is 1. The molecule has 43 heavy (non-hydrogen) atoms. The first-order valence-electron chi connectivity index (χ1n) is 14.5. The highest BCUT2D eigenvalue weighted by Crippen LogP contribution is 2.28. The first kappa shape index (κ1) is 34.5. The van der Waals surface area contributed by atoms with E-state index in [0.29, 0.717) is 33.0 Å². The normalized spacial score (nSPS) is 17.6. The summed E-state index contributed by atoms with van der Waals surface area (Å²) in [5, 5.41) is 16.1. The van der Waals surface area contributed by atoms with Crippen LogP contribution in [0.1, 0.15) is 38.4 Å². The van der Waals surface area contributed by atoms with Crippen LogP contribution in [0.15, 0.2) is 29.8 Å². The maximum absolute atomic E-state index is 13.7. The van der Waals surface area contributed by atoms with Gasteiger partial charge in [0.1, 0.15) is 18.7 Å². The Kier molecular flexibility index (Phi) is 13.5. The smallest absolute Gasteiger partial charge is 0.246 e. The lowest BCUT2D eigenvalue weighted by molar-refractivity contribution is -0.144. The minimum atomic E-state index is -0.928. The summed E-state index contributed by atoms with van der Waals surface area (Å²) in [4.78, 5) is 46.4. The molecular weight excluding hydrogens is 574 g/mol. The van der Waals surface area contributed by atoms with Crippen molar-refractivity contribution in [1.82, 2.24) is 20.5 Å². The summed E-state index contributed by atoms with van der Waals surface area (Å²) in [7, 11) is 0. The highest BCUT2D eigenvalue weighted by atomic mass is 32.1. The predicted molar refractivity (Wildman–Crippen MR) is 163 cm³/mol. The second kappa shape index (κ2) is 16.8. The second-order valence-electron chi connectivity index (χ2n) is 11.5. The Balaban J connectivity index is 1.52. The molecule has 1 aromatic heterocycles. The zero-order valence-corrected chi connectivity index (χ0v) is 26.3. The number of benzene rings is 1. The van der Waals surface area contributed by atoms with E-state index < -0.39 is 35.4 Å². The van der Waals surface area contributed by atoms with Crippen LogP contribution in [0.3, 0.4) is 0 Å². The van der Waals surface area contributed by atoms with Crippen LogP contribution in [0, 0.1) is 12.3 Å². The van der Waals surface area contributed by atoms with Crippen molar-refractivity contribution >= 4 is 29.1 Å². The number of amides is 3. The number of hydrogen-bond acceptors (Lipinski definition) is 10. The Morgan fingerprint density at radius 1 is 1.09 bits per heavy atom. The van der Waals surface area contributed by atoms with Crippen LogP contribution in [-0.2, 0) is 35.1 Å². The molecule has 3 rings (SSSR count). The number of likely N-dealkylation sites (tertiary alicyclic amines) is 1. The van der Waals surface area contributed by atoms with Gasteiger partial charge in [-0.25, -0.2) is 4.98 Å². The minimum absolute atomic E-state index is 0.00506. The summed E-state index contributed by atoms with van der Waals surface area (Å²) in [5.74, 6) is -1.25. The van der Waals surface area contributed by atoms with Crippen LogP contribution >= 0.6 is 11.3 Å². The van der Waals surface area contributed by atoms with Gasteiger partial charge >= 0.3 is 0 Å². The molecule has 12 nitrogen and oxygen atoms in total. The number of nitrogens with one attached hydrogen (secondary N) is 2. The molecule has 5 N–H and O–H groups in total. The van der Waals surface area contributed by atoms with Crippen molar-refractivity contribution in [3.05, 3.63) is 41.0 Å². The molecule has 3 amide bonds. The number of nitrogens with zero attached hydrogens (tertiary/aromatic N) is 2. The van der Waals surface area contributed by atoms with E-state index in [0.717, 1.165) is 21.7 Å². The lowest BCUT2D eigenvalue weighted by Gasteiger charge is -2.35. The van der Waals surface area contributed by atoms with E-state index >= 15 is 0 Å². The Morgan fingerprint density at radius 2 is 1.74 bits per heavy atom. The first-order chi connectivity index (χ1) is 20.5. The third-order valence-corrected chi connectivity index (χ3v) is 7.93. The molecule has 0 radical (unpaired) electrons. The highest BCUT2D eigenvalue weighted by molar-refractivity contribution is 7.13. The van der Waals surface area contributed by atoms with Crippen molar-refractivity contribution in [2.24, 2.45) is 11.1 Å². The summed E-state index contributed by atoms with van der Waals surface area (Å²) in [6.45, 7) is 9.72. The number of aryl methyl sites for hydroxylation is 1. The fourth-order valence-electron chi connectivity index (χ4n) is 4.67. The van der Waals surface area contributed by atoms with Gasteiger partial charge in [-0.15, -0.1) is 11.3 Å². The van der Waals surface area contributed by atoms with Crippen LogP contribution < -0.4 is 16.4 Å². The van der Waals surface area contributed by atoms with Gasteiger partial charge in [0.05, 0.1) is 55.2 Å². The number of rotatable bonds is 16. The Hall–Kier alpha value is -2.94. The fraction of sp³-hybridized carbons (Fsp3) is 0.600. The monoisotopic (exact) mass is 619 g/mol. The number of aliphatic hydroxyl groups excluding tert-OH is 1. The summed E-state index contributed by atoms with van der Waals surface area (Å²) in [5.41, 5.74) is 9.44. The van der Waals surface area contributed by atoms with Gasteiger partial charge in [-0.2, -0.15) is 0 Å². The molecule has 13 heteroatoms. The molecule has 1 saturated heterocycles. The van der Waals surface area contributed by atoms with Gasteiger partial charge in [-0.3, -0.25) is 14.4 Å². The van der Waals surface area contributed by atoms with E-state index in [4.69, 9.17) is 19.9 Å². The van der Waals surface area contributed by atoms with Crippen LogP contribution in [0.25, 0.3) is 10.4 Å². The number of ether oxygens (including phenoxy) is 3. The van der Waals surface area contributed by atoms with Crippen LogP contribution in [0.4, 0.5) is 0 Å². The van der Waals surface area contributed by atoms with Gasteiger partial charge in [-0.1, -0.05) is 45.0 Å². The molecule has 1 aliphatic rings. The van der Waals surface area contributed by atoms with E-state index in [2.05, 4.69) is 15.6 Å².